The normalized spacial score (nSPS) is 10.0. The van der Waals surface area contributed by atoms with Crippen LogP contribution < -0.4 is 11.1 Å². The van der Waals surface area contributed by atoms with Crippen molar-refractivity contribution in [1.82, 2.24) is 0 Å². The fraction of sp³-hybridized carbons (Fsp3) is 0.111. The zero-order chi connectivity index (χ0) is 14.3. The number of urea groups is 1. The SMILES string of the molecule is NC(=O)Nc1ccccc1Br.O=C(O)C(F)(F)F. The number of amides is 2. The third kappa shape index (κ3) is 6.74. The van der Waals surface area contributed by atoms with E-state index in [1.165, 1.54) is 0 Å². The van der Waals surface area contributed by atoms with Crippen LogP contribution in [0.2, 0.25) is 0 Å². The van der Waals surface area contributed by atoms with E-state index in [9.17, 15) is 18.0 Å². The van der Waals surface area contributed by atoms with E-state index in [4.69, 9.17) is 15.6 Å². The van der Waals surface area contributed by atoms with Crippen molar-refractivity contribution in [2.24, 2.45) is 5.73 Å². The summed E-state index contributed by atoms with van der Waals surface area (Å²) in [6.07, 6.45) is -5.08. The van der Waals surface area contributed by atoms with Crippen LogP contribution in [0.25, 0.3) is 0 Å². The van der Waals surface area contributed by atoms with E-state index in [0.717, 1.165) is 4.47 Å². The Kier molecular flexibility index (Phi) is 6.17. The minimum atomic E-state index is -5.08. The predicted molar refractivity (Wildman–Crippen MR) is 61.0 cm³/mol. The summed E-state index contributed by atoms with van der Waals surface area (Å²) >= 11 is 3.25. The van der Waals surface area contributed by atoms with Crippen LogP contribution >= 0.6 is 15.9 Å². The molecule has 0 atom stereocenters. The molecule has 0 unspecified atom stereocenters. The first-order valence-electron chi connectivity index (χ1n) is 4.25. The number of hydrogen-bond donors (Lipinski definition) is 3. The van der Waals surface area contributed by atoms with Crippen LogP contribution in [0.1, 0.15) is 0 Å². The first-order chi connectivity index (χ1) is 8.14. The van der Waals surface area contributed by atoms with Crippen molar-refractivity contribution in [3.63, 3.8) is 0 Å². The summed E-state index contributed by atoms with van der Waals surface area (Å²) in [5.41, 5.74) is 5.60. The standard InChI is InChI=1S/C7H7BrN2O.C2HF3O2/c8-5-3-1-2-4-6(5)10-7(9)11;3-2(4,5)1(6)7/h1-4H,(H3,9,10,11);(H,6,7). The van der Waals surface area contributed by atoms with Gasteiger partial charge in [0.1, 0.15) is 0 Å². The van der Waals surface area contributed by atoms with Crippen molar-refractivity contribution < 1.29 is 27.9 Å². The van der Waals surface area contributed by atoms with Crippen LogP contribution in [0, 0.1) is 0 Å². The van der Waals surface area contributed by atoms with E-state index in [2.05, 4.69) is 21.2 Å². The van der Waals surface area contributed by atoms with Gasteiger partial charge in [0, 0.05) is 4.47 Å². The third-order valence-electron chi connectivity index (χ3n) is 1.37. The van der Waals surface area contributed by atoms with Gasteiger partial charge in [-0.3, -0.25) is 0 Å². The van der Waals surface area contributed by atoms with Gasteiger partial charge < -0.3 is 16.2 Å². The number of primary amides is 1. The molecule has 0 aromatic heterocycles. The summed E-state index contributed by atoms with van der Waals surface area (Å²) < 4.78 is 32.6. The highest BCUT2D eigenvalue weighted by Crippen LogP contribution is 2.20. The van der Waals surface area contributed by atoms with E-state index < -0.39 is 18.2 Å². The monoisotopic (exact) mass is 328 g/mol. The number of benzene rings is 1. The van der Waals surface area contributed by atoms with Crippen molar-refractivity contribution in [2.45, 2.75) is 6.18 Å². The number of para-hydroxylation sites is 1. The second-order valence-corrected chi connectivity index (χ2v) is 3.63. The lowest BCUT2D eigenvalue weighted by Crippen LogP contribution is -2.21. The molecule has 1 aromatic carbocycles. The maximum Gasteiger partial charge on any atom is 0.490 e. The van der Waals surface area contributed by atoms with Gasteiger partial charge in [-0.25, -0.2) is 9.59 Å². The molecule has 1 rings (SSSR count). The van der Waals surface area contributed by atoms with Crippen molar-refractivity contribution in [1.29, 1.82) is 0 Å². The van der Waals surface area contributed by atoms with Gasteiger partial charge in [0.25, 0.3) is 0 Å². The highest BCUT2D eigenvalue weighted by atomic mass is 79.9. The number of carboxylic acid groups (broad SMARTS) is 1. The van der Waals surface area contributed by atoms with Crippen LogP contribution in [-0.2, 0) is 4.79 Å². The molecule has 0 fully saturated rings. The average molecular weight is 329 g/mol. The van der Waals surface area contributed by atoms with Crippen LogP contribution in [0.5, 0.6) is 0 Å². The molecule has 0 saturated carbocycles. The molecule has 0 radical (unpaired) electrons. The van der Waals surface area contributed by atoms with Crippen LogP contribution in [0.15, 0.2) is 28.7 Å². The summed E-state index contributed by atoms with van der Waals surface area (Å²) in [5.74, 6) is -2.76. The quantitative estimate of drug-likeness (QED) is 0.739. The Labute approximate surface area is 108 Å². The molecule has 5 nitrogen and oxygen atoms in total. The number of nitrogens with one attached hydrogen (secondary N) is 1. The first-order valence-corrected chi connectivity index (χ1v) is 5.05. The molecular weight excluding hydrogens is 321 g/mol. The largest absolute Gasteiger partial charge is 0.490 e. The molecule has 1 aromatic rings. The average Bonchev–Trinajstić information content (AvgIpc) is 2.20. The predicted octanol–water partition coefficient (Wildman–Crippen LogP) is 2.57. The summed E-state index contributed by atoms with van der Waals surface area (Å²) in [6, 6.07) is 6.70. The molecule has 0 aliphatic heterocycles. The number of alkyl halides is 3. The van der Waals surface area contributed by atoms with Crippen LogP contribution in [0.4, 0.5) is 23.7 Å². The second kappa shape index (κ2) is 6.84. The van der Waals surface area contributed by atoms with E-state index in [1.54, 1.807) is 6.07 Å². The Morgan fingerprint density at radius 1 is 1.28 bits per heavy atom. The van der Waals surface area contributed by atoms with Gasteiger partial charge in [-0.1, -0.05) is 12.1 Å². The Hall–Kier alpha value is -1.77. The fourth-order valence-corrected chi connectivity index (χ4v) is 1.08. The Morgan fingerprint density at radius 2 is 1.72 bits per heavy atom. The highest BCUT2D eigenvalue weighted by molar-refractivity contribution is 9.10. The van der Waals surface area contributed by atoms with Crippen molar-refractivity contribution in [2.75, 3.05) is 5.32 Å². The van der Waals surface area contributed by atoms with E-state index in [0.29, 0.717) is 5.69 Å². The van der Waals surface area contributed by atoms with Crippen LogP contribution in [0.3, 0.4) is 0 Å². The van der Waals surface area contributed by atoms with Crippen LogP contribution in [-0.4, -0.2) is 23.3 Å². The van der Waals surface area contributed by atoms with Gasteiger partial charge in [0.2, 0.25) is 0 Å². The number of carbonyl (C=O) groups is 2. The summed E-state index contributed by atoms with van der Waals surface area (Å²) in [5, 5.41) is 9.59. The molecular formula is C9H8BrF3N2O3. The number of halogens is 4. The minimum Gasteiger partial charge on any atom is -0.475 e. The molecule has 18 heavy (non-hydrogen) atoms. The lowest BCUT2D eigenvalue weighted by molar-refractivity contribution is -0.192. The number of nitrogens with two attached hydrogens (primary N) is 1. The van der Waals surface area contributed by atoms with Gasteiger partial charge in [-0.2, -0.15) is 13.2 Å². The van der Waals surface area contributed by atoms with Crippen molar-refractivity contribution >= 4 is 33.6 Å². The molecule has 2 amide bonds. The van der Waals surface area contributed by atoms with E-state index >= 15 is 0 Å². The maximum absolute atomic E-state index is 10.6. The lowest BCUT2D eigenvalue weighted by Gasteiger charge is -2.02. The zero-order valence-corrected chi connectivity index (χ0v) is 10.2. The molecule has 0 aliphatic rings. The number of carboxylic acids is 1. The van der Waals surface area contributed by atoms with Gasteiger partial charge in [-0.15, -0.1) is 0 Å². The fourth-order valence-electron chi connectivity index (χ4n) is 0.695. The molecule has 0 spiro atoms. The van der Waals surface area contributed by atoms with Gasteiger partial charge >= 0.3 is 18.2 Å². The molecule has 0 heterocycles. The van der Waals surface area contributed by atoms with Gasteiger partial charge in [-0.05, 0) is 28.1 Å². The van der Waals surface area contributed by atoms with Crippen molar-refractivity contribution in [3.8, 4) is 0 Å². The smallest absolute Gasteiger partial charge is 0.475 e. The Bertz CT molecular complexity index is 437. The summed E-state index contributed by atoms with van der Waals surface area (Å²) in [7, 11) is 0. The van der Waals surface area contributed by atoms with Gasteiger partial charge in [0.05, 0.1) is 5.69 Å². The van der Waals surface area contributed by atoms with Gasteiger partial charge in [0.15, 0.2) is 0 Å². The summed E-state index contributed by atoms with van der Waals surface area (Å²) in [6.45, 7) is 0. The molecule has 100 valence electrons. The Balaban J connectivity index is 0.000000360. The molecule has 0 bridgehead atoms. The summed E-state index contributed by atoms with van der Waals surface area (Å²) in [4.78, 5) is 19.3. The number of aliphatic carboxylic acids is 1. The highest BCUT2D eigenvalue weighted by Gasteiger charge is 2.38. The van der Waals surface area contributed by atoms with E-state index in [-0.39, 0.29) is 0 Å². The first kappa shape index (κ1) is 16.2. The zero-order valence-electron chi connectivity index (χ0n) is 8.66. The minimum absolute atomic E-state index is 0.558. The van der Waals surface area contributed by atoms with E-state index in [1.807, 2.05) is 18.2 Å². The number of rotatable bonds is 1. The van der Waals surface area contributed by atoms with Crippen molar-refractivity contribution in [3.05, 3.63) is 28.7 Å². The number of carbonyl (C=O) groups excluding carboxylic acids is 1. The molecule has 0 saturated heterocycles. The number of anilines is 1. The molecule has 4 N–H and O–H groups in total. The lowest BCUT2D eigenvalue weighted by atomic mass is 10.3. The Morgan fingerprint density at radius 3 is 2.06 bits per heavy atom. The second-order valence-electron chi connectivity index (χ2n) is 2.77. The molecule has 9 heteroatoms. The number of hydrogen-bond acceptors (Lipinski definition) is 2. The maximum atomic E-state index is 10.6. The molecule has 0 aliphatic carbocycles. The topological polar surface area (TPSA) is 92.4 Å². The third-order valence-corrected chi connectivity index (χ3v) is 2.07.